The summed E-state index contributed by atoms with van der Waals surface area (Å²) in [5, 5.41) is 2.89. The molecule has 124 valence electrons. The first kappa shape index (κ1) is 16.8. The van der Waals surface area contributed by atoms with Gasteiger partial charge in [-0.3, -0.25) is 9.59 Å². The third-order valence-corrected chi connectivity index (χ3v) is 3.89. The quantitative estimate of drug-likeness (QED) is 0.780. The van der Waals surface area contributed by atoms with Crippen molar-refractivity contribution in [2.24, 2.45) is 5.73 Å². The Morgan fingerprint density at radius 3 is 2.74 bits per heavy atom. The molecule has 2 rings (SSSR count). The van der Waals surface area contributed by atoms with Gasteiger partial charge in [0.1, 0.15) is 6.04 Å². The van der Waals surface area contributed by atoms with E-state index in [-0.39, 0.29) is 0 Å². The lowest BCUT2D eigenvalue weighted by atomic mass is 10.0. The predicted molar refractivity (Wildman–Crippen MR) is 84.8 cm³/mol. The highest BCUT2D eigenvalue weighted by molar-refractivity contribution is 5.97. The van der Waals surface area contributed by atoms with Crippen molar-refractivity contribution in [2.75, 3.05) is 25.5 Å². The molecule has 7 heteroatoms. The number of carbonyl (C=O) groups is 3. The van der Waals surface area contributed by atoms with Crippen LogP contribution in [0.15, 0.2) is 24.3 Å². The number of nitrogens with one attached hydrogen (secondary N) is 1. The van der Waals surface area contributed by atoms with Crippen LogP contribution in [-0.4, -0.2) is 48.9 Å². The first-order valence-electron chi connectivity index (χ1n) is 7.57. The van der Waals surface area contributed by atoms with Gasteiger partial charge in [0.05, 0.1) is 5.56 Å². The van der Waals surface area contributed by atoms with Gasteiger partial charge < -0.3 is 20.7 Å². The molecule has 1 saturated heterocycles. The van der Waals surface area contributed by atoms with E-state index < -0.39 is 30.4 Å². The van der Waals surface area contributed by atoms with Gasteiger partial charge in [0.25, 0.3) is 5.91 Å². The van der Waals surface area contributed by atoms with Crippen molar-refractivity contribution in [3.8, 4) is 0 Å². The zero-order chi connectivity index (χ0) is 16.8. The Labute approximate surface area is 134 Å². The second-order valence-corrected chi connectivity index (χ2v) is 5.37. The number of amides is 2. The van der Waals surface area contributed by atoms with E-state index >= 15 is 0 Å². The highest BCUT2D eigenvalue weighted by Gasteiger charge is 2.31. The van der Waals surface area contributed by atoms with Gasteiger partial charge in [0, 0.05) is 19.3 Å². The van der Waals surface area contributed by atoms with Crippen molar-refractivity contribution < 1.29 is 19.1 Å². The summed E-state index contributed by atoms with van der Waals surface area (Å²) in [7, 11) is 1.70. The Kier molecular flexibility index (Phi) is 5.56. The lowest BCUT2D eigenvalue weighted by molar-refractivity contribution is -0.143. The molecule has 1 fully saturated rings. The molecule has 23 heavy (non-hydrogen) atoms. The molecule has 1 aromatic rings. The molecular weight excluding hydrogens is 298 g/mol. The summed E-state index contributed by atoms with van der Waals surface area (Å²) < 4.78 is 5.09. The van der Waals surface area contributed by atoms with Crippen LogP contribution in [0.2, 0.25) is 0 Å². The van der Waals surface area contributed by atoms with Crippen molar-refractivity contribution >= 4 is 23.5 Å². The zero-order valence-corrected chi connectivity index (χ0v) is 13.1. The summed E-state index contributed by atoms with van der Waals surface area (Å²) in [6.45, 7) is 0.0533. The van der Waals surface area contributed by atoms with Gasteiger partial charge in [-0.1, -0.05) is 12.1 Å². The molecule has 1 aromatic carbocycles. The number of para-hydroxylation sites is 1. The van der Waals surface area contributed by atoms with E-state index in [9.17, 15) is 14.4 Å². The number of esters is 1. The van der Waals surface area contributed by atoms with E-state index in [1.807, 2.05) is 0 Å². The molecule has 7 nitrogen and oxygen atoms in total. The number of nitrogens with two attached hydrogens (primary N) is 1. The number of primary amides is 1. The summed E-state index contributed by atoms with van der Waals surface area (Å²) in [6.07, 6.45) is 2.22. The van der Waals surface area contributed by atoms with Crippen LogP contribution in [0.3, 0.4) is 0 Å². The maximum absolute atomic E-state index is 12.2. The number of piperidine rings is 1. The Morgan fingerprint density at radius 1 is 1.30 bits per heavy atom. The van der Waals surface area contributed by atoms with E-state index in [0.29, 0.717) is 24.2 Å². The van der Waals surface area contributed by atoms with E-state index in [2.05, 4.69) is 5.32 Å². The molecule has 0 unspecified atom stereocenters. The molecule has 1 heterocycles. The van der Waals surface area contributed by atoms with Crippen molar-refractivity contribution in [3.05, 3.63) is 29.8 Å². The zero-order valence-electron chi connectivity index (χ0n) is 13.1. The first-order chi connectivity index (χ1) is 11.0. The maximum Gasteiger partial charge on any atom is 0.340 e. The molecule has 0 aliphatic carbocycles. The number of hydrogen-bond donors (Lipinski definition) is 2. The number of hydrogen-bond acceptors (Lipinski definition) is 5. The topological polar surface area (TPSA) is 102 Å². The molecule has 0 saturated carbocycles. The normalized spacial score (nSPS) is 17.4. The minimum atomic E-state index is -0.612. The lowest BCUT2D eigenvalue weighted by Crippen LogP contribution is -2.51. The monoisotopic (exact) mass is 319 g/mol. The van der Waals surface area contributed by atoms with Gasteiger partial charge in [-0.25, -0.2) is 4.79 Å². The molecule has 0 spiro atoms. The average Bonchev–Trinajstić information content (AvgIpc) is 2.59. The van der Waals surface area contributed by atoms with Crippen LogP contribution in [0.4, 0.5) is 5.69 Å². The van der Waals surface area contributed by atoms with Gasteiger partial charge in [0.15, 0.2) is 6.61 Å². The highest BCUT2D eigenvalue weighted by atomic mass is 16.5. The lowest BCUT2D eigenvalue weighted by Gasteiger charge is -2.33. The van der Waals surface area contributed by atoms with Crippen LogP contribution in [0.25, 0.3) is 0 Å². The molecule has 0 aromatic heterocycles. The van der Waals surface area contributed by atoms with E-state index in [0.717, 1.165) is 12.8 Å². The van der Waals surface area contributed by atoms with Crippen molar-refractivity contribution in [2.45, 2.75) is 25.3 Å². The Bertz CT molecular complexity index is 603. The first-order valence-corrected chi connectivity index (χ1v) is 7.57. The number of nitrogens with zero attached hydrogens (tertiary/aromatic N) is 1. The van der Waals surface area contributed by atoms with Crippen molar-refractivity contribution in [1.82, 2.24) is 4.90 Å². The fourth-order valence-corrected chi connectivity index (χ4v) is 2.69. The fourth-order valence-electron chi connectivity index (χ4n) is 2.69. The molecule has 1 aliphatic rings. The number of ether oxygens (including phenoxy) is 1. The molecule has 0 radical (unpaired) electrons. The SMILES string of the molecule is CNc1ccccc1C(=O)OCC(=O)N1CCCC[C@H]1C(N)=O. The molecule has 2 amide bonds. The second kappa shape index (κ2) is 7.62. The third kappa shape index (κ3) is 4.00. The number of rotatable bonds is 5. The molecule has 0 bridgehead atoms. The fraction of sp³-hybridized carbons (Fsp3) is 0.438. The third-order valence-electron chi connectivity index (χ3n) is 3.89. The summed E-state index contributed by atoms with van der Waals surface area (Å²) >= 11 is 0. The molecule has 1 atom stereocenters. The number of carbonyl (C=O) groups excluding carboxylic acids is 3. The van der Waals surface area contributed by atoms with E-state index in [1.54, 1.807) is 31.3 Å². The standard InChI is InChI=1S/C16H21N3O4/c1-18-12-7-3-2-6-11(12)16(22)23-10-14(20)19-9-5-4-8-13(19)15(17)21/h2-3,6-7,13,18H,4-5,8-10H2,1H3,(H2,17,21)/t13-/m0/s1. The van der Waals surface area contributed by atoms with E-state index in [4.69, 9.17) is 10.5 Å². The van der Waals surface area contributed by atoms with Crippen LogP contribution >= 0.6 is 0 Å². The Hall–Kier alpha value is -2.57. The van der Waals surface area contributed by atoms with Crippen LogP contribution in [0.1, 0.15) is 29.6 Å². The second-order valence-electron chi connectivity index (χ2n) is 5.37. The van der Waals surface area contributed by atoms with Crippen LogP contribution in [-0.2, 0) is 14.3 Å². The van der Waals surface area contributed by atoms with Gasteiger partial charge in [-0.15, -0.1) is 0 Å². The smallest absolute Gasteiger partial charge is 0.340 e. The van der Waals surface area contributed by atoms with Crippen LogP contribution < -0.4 is 11.1 Å². The summed E-state index contributed by atoms with van der Waals surface area (Å²) in [4.78, 5) is 37.2. The minimum Gasteiger partial charge on any atom is -0.452 e. The maximum atomic E-state index is 12.2. The molecular formula is C16H21N3O4. The summed E-state index contributed by atoms with van der Waals surface area (Å²) in [5.74, 6) is -1.51. The Morgan fingerprint density at radius 2 is 2.04 bits per heavy atom. The Balaban J connectivity index is 1.98. The van der Waals surface area contributed by atoms with Crippen molar-refractivity contribution in [3.63, 3.8) is 0 Å². The van der Waals surface area contributed by atoms with Gasteiger partial charge in [0.2, 0.25) is 5.91 Å². The average molecular weight is 319 g/mol. The van der Waals surface area contributed by atoms with Gasteiger partial charge >= 0.3 is 5.97 Å². The molecule has 3 N–H and O–H groups in total. The number of likely N-dealkylation sites (tertiary alicyclic amines) is 1. The minimum absolute atomic E-state index is 0.355. The number of anilines is 1. The molecule has 1 aliphatic heterocycles. The number of benzene rings is 1. The largest absolute Gasteiger partial charge is 0.452 e. The summed E-state index contributed by atoms with van der Waals surface area (Å²) in [6, 6.07) is 6.25. The van der Waals surface area contributed by atoms with E-state index in [1.165, 1.54) is 4.90 Å². The van der Waals surface area contributed by atoms with Crippen LogP contribution in [0.5, 0.6) is 0 Å². The van der Waals surface area contributed by atoms with Gasteiger partial charge in [-0.05, 0) is 31.4 Å². The van der Waals surface area contributed by atoms with Crippen LogP contribution in [0, 0.1) is 0 Å². The van der Waals surface area contributed by atoms with Crippen molar-refractivity contribution in [1.29, 1.82) is 0 Å². The summed E-state index contributed by atoms with van der Waals surface area (Å²) in [5.41, 5.74) is 6.31. The van der Waals surface area contributed by atoms with Gasteiger partial charge in [-0.2, -0.15) is 0 Å². The predicted octanol–water partition coefficient (Wildman–Crippen LogP) is 0.752. The highest BCUT2D eigenvalue weighted by Crippen LogP contribution is 2.18.